The predicted octanol–water partition coefficient (Wildman–Crippen LogP) is 2.13. The molecule has 0 amide bonds. The lowest BCUT2D eigenvalue weighted by atomic mass is 10.2. The minimum Gasteiger partial charge on any atom is -0.481 e. The van der Waals surface area contributed by atoms with Crippen LogP contribution in [0.5, 0.6) is 0 Å². The van der Waals surface area contributed by atoms with Crippen LogP contribution in [0.2, 0.25) is 0 Å². The summed E-state index contributed by atoms with van der Waals surface area (Å²) in [4.78, 5) is 11.5. The molecule has 3 aromatic rings. The molecule has 1 aromatic carbocycles. The van der Waals surface area contributed by atoms with Gasteiger partial charge in [-0.1, -0.05) is 24.3 Å². The van der Waals surface area contributed by atoms with Crippen LogP contribution < -0.4 is 0 Å². The number of carbonyl (C=O) groups is 1. The van der Waals surface area contributed by atoms with Gasteiger partial charge in [-0.15, -0.1) is 10.2 Å². The van der Waals surface area contributed by atoms with Crippen molar-refractivity contribution in [3.63, 3.8) is 0 Å². The SMILES string of the molecule is CCc1ccc2c(c1)sc1nnc(CC(=O)O)n12. The lowest BCUT2D eigenvalue weighted by Gasteiger charge is -1.98. The van der Waals surface area contributed by atoms with E-state index in [0.717, 1.165) is 21.6 Å². The third kappa shape index (κ3) is 1.65. The second-order valence-corrected chi connectivity index (χ2v) is 5.07. The monoisotopic (exact) mass is 261 g/mol. The van der Waals surface area contributed by atoms with Crippen LogP contribution in [0.15, 0.2) is 18.2 Å². The summed E-state index contributed by atoms with van der Waals surface area (Å²) < 4.78 is 2.94. The maximum absolute atomic E-state index is 10.8. The Bertz CT molecular complexity index is 744. The minimum atomic E-state index is -0.895. The van der Waals surface area contributed by atoms with Crippen molar-refractivity contribution in [3.05, 3.63) is 29.6 Å². The highest BCUT2D eigenvalue weighted by atomic mass is 32.1. The molecule has 0 aliphatic rings. The number of aryl methyl sites for hydroxylation is 1. The summed E-state index contributed by atoms with van der Waals surface area (Å²) in [7, 11) is 0. The second-order valence-electron chi connectivity index (χ2n) is 4.06. The van der Waals surface area contributed by atoms with Crippen LogP contribution in [0, 0.1) is 0 Å². The Morgan fingerprint density at radius 2 is 2.28 bits per heavy atom. The standard InChI is InChI=1S/C12H11N3O2S/c1-2-7-3-4-8-9(5-7)18-12-14-13-10(15(8)12)6-11(16)17/h3-5H,2,6H2,1H3,(H,16,17). The molecule has 3 rings (SSSR count). The third-order valence-electron chi connectivity index (χ3n) is 2.88. The molecule has 2 heterocycles. The molecule has 0 bridgehead atoms. The van der Waals surface area contributed by atoms with Gasteiger partial charge in [-0.05, 0) is 24.1 Å². The smallest absolute Gasteiger partial charge is 0.311 e. The number of hydrogen-bond acceptors (Lipinski definition) is 4. The van der Waals surface area contributed by atoms with Crippen molar-refractivity contribution in [2.24, 2.45) is 0 Å². The average Bonchev–Trinajstić information content (AvgIpc) is 2.87. The normalized spacial score (nSPS) is 11.4. The molecule has 0 atom stereocenters. The van der Waals surface area contributed by atoms with Crippen molar-refractivity contribution in [2.45, 2.75) is 19.8 Å². The van der Waals surface area contributed by atoms with Gasteiger partial charge in [0.05, 0.1) is 10.2 Å². The number of fused-ring (bicyclic) bond motifs is 3. The van der Waals surface area contributed by atoms with Gasteiger partial charge in [-0.2, -0.15) is 0 Å². The molecule has 5 nitrogen and oxygen atoms in total. The lowest BCUT2D eigenvalue weighted by Crippen LogP contribution is -2.04. The molecule has 0 aliphatic carbocycles. The molecule has 0 saturated heterocycles. The number of thiazole rings is 1. The molecule has 6 heteroatoms. The Hall–Kier alpha value is -1.95. The first-order valence-corrected chi connectivity index (χ1v) is 6.48. The summed E-state index contributed by atoms with van der Waals surface area (Å²) in [5.74, 6) is -0.415. The van der Waals surface area contributed by atoms with Crippen LogP contribution in [0.25, 0.3) is 15.2 Å². The zero-order valence-corrected chi connectivity index (χ0v) is 10.6. The van der Waals surface area contributed by atoms with Crippen LogP contribution >= 0.6 is 11.3 Å². The Morgan fingerprint density at radius 1 is 1.44 bits per heavy atom. The van der Waals surface area contributed by atoms with E-state index in [4.69, 9.17) is 5.11 Å². The number of aromatic nitrogens is 3. The van der Waals surface area contributed by atoms with E-state index in [0.29, 0.717) is 5.82 Å². The zero-order valence-electron chi connectivity index (χ0n) is 9.75. The summed E-state index contributed by atoms with van der Waals surface area (Å²) in [5, 5.41) is 16.8. The highest BCUT2D eigenvalue weighted by Crippen LogP contribution is 2.27. The van der Waals surface area contributed by atoms with Gasteiger partial charge >= 0.3 is 5.97 Å². The fourth-order valence-electron chi connectivity index (χ4n) is 2.00. The van der Waals surface area contributed by atoms with Gasteiger partial charge in [0.25, 0.3) is 0 Å². The Kier molecular flexibility index (Phi) is 2.52. The van der Waals surface area contributed by atoms with E-state index in [2.05, 4.69) is 29.3 Å². The van der Waals surface area contributed by atoms with E-state index in [1.54, 1.807) is 0 Å². The summed E-state index contributed by atoms with van der Waals surface area (Å²) in [6.45, 7) is 2.11. The molecule has 0 saturated carbocycles. The maximum atomic E-state index is 10.8. The molecule has 0 fully saturated rings. The predicted molar refractivity (Wildman–Crippen MR) is 69.1 cm³/mol. The summed E-state index contributed by atoms with van der Waals surface area (Å²) in [6, 6.07) is 6.19. The van der Waals surface area contributed by atoms with E-state index in [9.17, 15) is 4.79 Å². The van der Waals surface area contributed by atoms with Crippen LogP contribution in [0.4, 0.5) is 0 Å². The lowest BCUT2D eigenvalue weighted by molar-refractivity contribution is -0.136. The maximum Gasteiger partial charge on any atom is 0.311 e. The molecular formula is C12H11N3O2S. The molecular weight excluding hydrogens is 250 g/mol. The summed E-state index contributed by atoms with van der Waals surface area (Å²) >= 11 is 1.54. The molecule has 92 valence electrons. The number of carboxylic acids is 1. The van der Waals surface area contributed by atoms with Crippen molar-refractivity contribution in [3.8, 4) is 0 Å². The fourth-order valence-corrected chi connectivity index (χ4v) is 3.05. The van der Waals surface area contributed by atoms with Crippen molar-refractivity contribution in [2.75, 3.05) is 0 Å². The Morgan fingerprint density at radius 3 is 3.00 bits per heavy atom. The highest BCUT2D eigenvalue weighted by molar-refractivity contribution is 7.23. The first-order chi connectivity index (χ1) is 8.69. The van der Waals surface area contributed by atoms with Gasteiger partial charge in [-0.3, -0.25) is 9.20 Å². The van der Waals surface area contributed by atoms with E-state index in [1.165, 1.54) is 16.9 Å². The summed E-state index contributed by atoms with van der Waals surface area (Å²) in [6.07, 6.45) is 0.874. The highest BCUT2D eigenvalue weighted by Gasteiger charge is 2.14. The van der Waals surface area contributed by atoms with Crippen molar-refractivity contribution < 1.29 is 9.90 Å². The largest absolute Gasteiger partial charge is 0.481 e. The van der Waals surface area contributed by atoms with E-state index in [-0.39, 0.29) is 6.42 Å². The number of carboxylic acid groups (broad SMARTS) is 1. The van der Waals surface area contributed by atoms with Crippen molar-refractivity contribution in [1.82, 2.24) is 14.6 Å². The Labute approximate surface area is 107 Å². The third-order valence-corrected chi connectivity index (χ3v) is 3.88. The molecule has 2 aromatic heterocycles. The van der Waals surface area contributed by atoms with Crippen LogP contribution in [-0.2, 0) is 17.6 Å². The molecule has 18 heavy (non-hydrogen) atoms. The van der Waals surface area contributed by atoms with Gasteiger partial charge in [-0.25, -0.2) is 0 Å². The molecule has 0 spiro atoms. The van der Waals surface area contributed by atoms with Crippen LogP contribution in [0.1, 0.15) is 18.3 Å². The average molecular weight is 261 g/mol. The van der Waals surface area contributed by atoms with E-state index >= 15 is 0 Å². The molecule has 0 aliphatic heterocycles. The summed E-state index contributed by atoms with van der Waals surface area (Å²) in [5.41, 5.74) is 2.24. The number of benzene rings is 1. The number of rotatable bonds is 3. The second kappa shape index (κ2) is 4.06. The van der Waals surface area contributed by atoms with Gasteiger partial charge in [0.2, 0.25) is 4.96 Å². The Balaban J connectivity index is 2.26. The number of aliphatic carboxylic acids is 1. The van der Waals surface area contributed by atoms with Crippen molar-refractivity contribution >= 4 is 32.5 Å². The first-order valence-electron chi connectivity index (χ1n) is 5.66. The van der Waals surface area contributed by atoms with Gasteiger partial charge in [0.15, 0.2) is 0 Å². The van der Waals surface area contributed by atoms with Crippen molar-refractivity contribution in [1.29, 1.82) is 0 Å². The van der Waals surface area contributed by atoms with E-state index in [1.807, 2.05) is 10.5 Å². The molecule has 0 radical (unpaired) electrons. The number of nitrogens with zero attached hydrogens (tertiary/aromatic N) is 3. The van der Waals surface area contributed by atoms with Crippen LogP contribution in [-0.4, -0.2) is 25.7 Å². The topological polar surface area (TPSA) is 67.5 Å². The molecule has 1 N–H and O–H groups in total. The van der Waals surface area contributed by atoms with Crippen LogP contribution in [0.3, 0.4) is 0 Å². The fraction of sp³-hybridized carbons (Fsp3) is 0.250. The quantitative estimate of drug-likeness (QED) is 0.784. The zero-order chi connectivity index (χ0) is 12.7. The number of hydrogen-bond donors (Lipinski definition) is 1. The van der Waals surface area contributed by atoms with Gasteiger partial charge < -0.3 is 5.11 Å². The first kappa shape index (κ1) is 11.2. The van der Waals surface area contributed by atoms with E-state index < -0.39 is 5.97 Å². The molecule has 0 unspecified atom stereocenters. The minimum absolute atomic E-state index is 0.109. The van der Waals surface area contributed by atoms with Gasteiger partial charge in [0, 0.05) is 0 Å². The van der Waals surface area contributed by atoms with Gasteiger partial charge in [0.1, 0.15) is 12.2 Å².